The molecule has 0 radical (unpaired) electrons. The van der Waals surface area contributed by atoms with Gasteiger partial charge in [-0.05, 0) is 42.3 Å². The van der Waals surface area contributed by atoms with Gasteiger partial charge in [0.15, 0.2) is 0 Å². The van der Waals surface area contributed by atoms with Crippen molar-refractivity contribution < 1.29 is 4.79 Å². The minimum atomic E-state index is -0.0360. The van der Waals surface area contributed by atoms with Gasteiger partial charge in [-0.3, -0.25) is 14.5 Å². The van der Waals surface area contributed by atoms with E-state index in [-0.39, 0.29) is 11.9 Å². The van der Waals surface area contributed by atoms with Crippen LogP contribution in [-0.2, 0) is 7.05 Å². The number of carbonyl (C=O) groups excluding carboxylic acids is 1. The third kappa shape index (κ3) is 3.20. The van der Waals surface area contributed by atoms with Crippen molar-refractivity contribution in [3.63, 3.8) is 0 Å². The van der Waals surface area contributed by atoms with Gasteiger partial charge < -0.3 is 4.90 Å². The fraction of sp³-hybridized carbons (Fsp3) is 0.211. The third-order valence-electron chi connectivity index (χ3n) is 4.25. The van der Waals surface area contributed by atoms with Gasteiger partial charge in [0, 0.05) is 43.8 Å². The highest BCUT2D eigenvalue weighted by Crippen LogP contribution is 2.22. The second-order valence-electron chi connectivity index (χ2n) is 5.85. The fourth-order valence-electron chi connectivity index (χ4n) is 2.61. The summed E-state index contributed by atoms with van der Waals surface area (Å²) >= 11 is 0. The molecule has 122 valence electrons. The smallest absolute Gasteiger partial charge is 0.254 e. The van der Waals surface area contributed by atoms with Crippen molar-refractivity contribution >= 4 is 5.91 Å². The standard InChI is InChI=1S/C19H20N4O/c1-14(18-12-21-22(2)13-18)23(3)19(24)17-6-4-15(5-7-17)16-8-10-20-11-9-16/h4-14H,1-3H3. The number of aryl methyl sites for hydroxylation is 1. The van der Waals surface area contributed by atoms with E-state index in [2.05, 4.69) is 10.1 Å². The van der Waals surface area contributed by atoms with Crippen LogP contribution in [-0.4, -0.2) is 32.6 Å². The molecule has 0 fully saturated rings. The lowest BCUT2D eigenvalue weighted by Crippen LogP contribution is -2.29. The van der Waals surface area contributed by atoms with Gasteiger partial charge in [-0.15, -0.1) is 0 Å². The number of amides is 1. The average molecular weight is 320 g/mol. The molecule has 0 saturated carbocycles. The van der Waals surface area contributed by atoms with Crippen molar-refractivity contribution in [2.45, 2.75) is 13.0 Å². The van der Waals surface area contributed by atoms with Gasteiger partial charge in [0.2, 0.25) is 0 Å². The molecule has 0 bridgehead atoms. The topological polar surface area (TPSA) is 51.0 Å². The molecule has 0 spiro atoms. The molecule has 1 atom stereocenters. The van der Waals surface area contributed by atoms with Crippen LogP contribution in [0.4, 0.5) is 0 Å². The van der Waals surface area contributed by atoms with Crippen LogP contribution in [0.15, 0.2) is 61.2 Å². The van der Waals surface area contributed by atoms with Gasteiger partial charge in [-0.1, -0.05) is 12.1 Å². The number of hydrogen-bond acceptors (Lipinski definition) is 3. The van der Waals surface area contributed by atoms with Gasteiger partial charge in [0.1, 0.15) is 0 Å². The summed E-state index contributed by atoms with van der Waals surface area (Å²) in [4.78, 5) is 18.5. The van der Waals surface area contributed by atoms with Crippen LogP contribution in [0.2, 0.25) is 0 Å². The van der Waals surface area contributed by atoms with Gasteiger partial charge in [0.05, 0.1) is 12.2 Å². The number of nitrogens with zero attached hydrogens (tertiary/aromatic N) is 4. The molecule has 1 unspecified atom stereocenters. The Morgan fingerprint density at radius 2 is 1.71 bits per heavy atom. The van der Waals surface area contributed by atoms with Gasteiger partial charge in [0.25, 0.3) is 5.91 Å². The van der Waals surface area contributed by atoms with Gasteiger partial charge >= 0.3 is 0 Å². The first-order valence-corrected chi connectivity index (χ1v) is 7.82. The lowest BCUT2D eigenvalue weighted by molar-refractivity contribution is 0.0742. The lowest BCUT2D eigenvalue weighted by atomic mass is 10.0. The number of pyridine rings is 1. The van der Waals surface area contributed by atoms with Crippen LogP contribution in [0.1, 0.15) is 28.9 Å². The summed E-state index contributed by atoms with van der Waals surface area (Å²) < 4.78 is 1.74. The molecule has 24 heavy (non-hydrogen) atoms. The quantitative estimate of drug-likeness (QED) is 0.741. The van der Waals surface area contributed by atoms with Crippen molar-refractivity contribution in [1.82, 2.24) is 19.7 Å². The summed E-state index contributed by atoms with van der Waals surface area (Å²) in [6, 6.07) is 11.5. The van der Waals surface area contributed by atoms with Crippen LogP contribution in [0.25, 0.3) is 11.1 Å². The number of carbonyl (C=O) groups is 1. The van der Waals surface area contributed by atoms with Crippen molar-refractivity contribution in [1.29, 1.82) is 0 Å². The van der Waals surface area contributed by atoms with E-state index >= 15 is 0 Å². The van der Waals surface area contributed by atoms with E-state index in [0.29, 0.717) is 5.56 Å². The minimum absolute atomic E-state index is 0.00682. The molecule has 0 aliphatic carbocycles. The maximum atomic E-state index is 12.7. The summed E-state index contributed by atoms with van der Waals surface area (Å²) in [6.07, 6.45) is 7.25. The molecular weight excluding hydrogens is 300 g/mol. The molecule has 3 aromatic rings. The molecule has 0 aliphatic rings. The molecule has 2 aromatic heterocycles. The molecule has 1 aromatic carbocycles. The van der Waals surface area contributed by atoms with Crippen LogP contribution < -0.4 is 0 Å². The highest BCUT2D eigenvalue weighted by atomic mass is 16.2. The fourth-order valence-corrected chi connectivity index (χ4v) is 2.61. The number of aromatic nitrogens is 3. The van der Waals surface area contributed by atoms with E-state index in [4.69, 9.17) is 0 Å². The highest BCUT2D eigenvalue weighted by Gasteiger charge is 2.19. The van der Waals surface area contributed by atoms with Crippen LogP contribution in [0, 0.1) is 0 Å². The SMILES string of the molecule is CC(c1cnn(C)c1)N(C)C(=O)c1ccc(-c2ccncc2)cc1. The summed E-state index contributed by atoms with van der Waals surface area (Å²) in [6.45, 7) is 2.00. The normalized spacial score (nSPS) is 12.0. The van der Waals surface area contributed by atoms with E-state index in [0.717, 1.165) is 16.7 Å². The Morgan fingerprint density at radius 3 is 2.29 bits per heavy atom. The molecule has 5 nitrogen and oxygen atoms in total. The summed E-state index contributed by atoms with van der Waals surface area (Å²) in [5, 5.41) is 4.17. The summed E-state index contributed by atoms with van der Waals surface area (Å²) in [7, 11) is 3.69. The average Bonchev–Trinajstić information content (AvgIpc) is 3.07. The predicted octanol–water partition coefficient (Wildman–Crippen LogP) is 3.32. The number of rotatable bonds is 4. The Kier molecular flexibility index (Phi) is 4.42. The number of benzene rings is 1. The Hall–Kier alpha value is -2.95. The summed E-state index contributed by atoms with van der Waals surface area (Å²) in [5.41, 5.74) is 3.84. The zero-order valence-corrected chi connectivity index (χ0v) is 14.0. The largest absolute Gasteiger partial charge is 0.335 e. The molecule has 5 heteroatoms. The first-order chi connectivity index (χ1) is 11.6. The van der Waals surface area contributed by atoms with E-state index in [1.165, 1.54) is 0 Å². The van der Waals surface area contributed by atoms with Crippen LogP contribution in [0.5, 0.6) is 0 Å². The monoisotopic (exact) mass is 320 g/mol. The Morgan fingerprint density at radius 1 is 1.08 bits per heavy atom. The second kappa shape index (κ2) is 6.66. The predicted molar refractivity (Wildman–Crippen MR) is 93.4 cm³/mol. The maximum Gasteiger partial charge on any atom is 0.254 e. The highest BCUT2D eigenvalue weighted by molar-refractivity contribution is 5.94. The molecular formula is C19H20N4O. The Balaban J connectivity index is 1.77. The summed E-state index contributed by atoms with van der Waals surface area (Å²) in [5.74, 6) is -0.00682. The molecule has 0 aliphatic heterocycles. The Labute approximate surface area is 141 Å². The second-order valence-corrected chi connectivity index (χ2v) is 5.85. The van der Waals surface area contributed by atoms with Crippen molar-refractivity contribution in [2.24, 2.45) is 7.05 Å². The maximum absolute atomic E-state index is 12.7. The molecule has 1 amide bonds. The van der Waals surface area contributed by atoms with E-state index in [1.807, 2.05) is 63.6 Å². The molecule has 2 heterocycles. The lowest BCUT2D eigenvalue weighted by Gasteiger charge is -2.24. The third-order valence-corrected chi connectivity index (χ3v) is 4.25. The first kappa shape index (κ1) is 15.9. The van der Waals surface area contributed by atoms with Gasteiger partial charge in [-0.25, -0.2) is 0 Å². The van der Waals surface area contributed by atoms with Crippen molar-refractivity contribution in [2.75, 3.05) is 7.05 Å². The van der Waals surface area contributed by atoms with Crippen LogP contribution >= 0.6 is 0 Å². The molecule has 3 rings (SSSR count). The van der Waals surface area contributed by atoms with Crippen molar-refractivity contribution in [3.05, 3.63) is 72.3 Å². The van der Waals surface area contributed by atoms with Crippen molar-refractivity contribution in [3.8, 4) is 11.1 Å². The number of hydrogen-bond donors (Lipinski definition) is 0. The van der Waals surface area contributed by atoms with Crippen LogP contribution in [0.3, 0.4) is 0 Å². The van der Waals surface area contributed by atoms with E-state index in [9.17, 15) is 4.79 Å². The Bertz CT molecular complexity index is 824. The van der Waals surface area contributed by atoms with Gasteiger partial charge in [-0.2, -0.15) is 5.10 Å². The van der Waals surface area contributed by atoms with E-state index in [1.54, 1.807) is 28.2 Å². The minimum Gasteiger partial charge on any atom is -0.335 e. The zero-order valence-electron chi connectivity index (χ0n) is 14.0. The molecule has 0 N–H and O–H groups in total. The first-order valence-electron chi connectivity index (χ1n) is 7.82. The van der Waals surface area contributed by atoms with E-state index < -0.39 is 0 Å². The molecule has 0 saturated heterocycles. The zero-order chi connectivity index (χ0) is 17.1.